The molecule has 1 unspecified atom stereocenters. The van der Waals surface area contributed by atoms with E-state index in [1.165, 1.54) is 0 Å². The highest BCUT2D eigenvalue weighted by molar-refractivity contribution is 5.86. The minimum Gasteiger partial charge on any atom is -0.497 e. The lowest BCUT2D eigenvalue weighted by Gasteiger charge is -2.39. The third kappa shape index (κ3) is 5.98. The Hall–Kier alpha value is -2.82. The average molecular weight is 588 g/mol. The predicted molar refractivity (Wildman–Crippen MR) is 153 cm³/mol. The number of unbranched alkanes of at least 4 members (excludes halogenated alkanes) is 1. The number of hydrogen-bond donors (Lipinski definition) is 2. The number of methoxy groups -OCH3 is 1. The highest BCUT2D eigenvalue weighted by Gasteiger charge is 2.59. The molecular weight excluding hydrogens is 542 g/mol. The first-order valence-corrected chi connectivity index (χ1v) is 15.3. The summed E-state index contributed by atoms with van der Waals surface area (Å²) in [5, 5.41) is 22.0. The Morgan fingerprint density at radius 3 is 2.60 bits per heavy atom. The van der Waals surface area contributed by atoms with Crippen LogP contribution in [0.3, 0.4) is 0 Å². The van der Waals surface area contributed by atoms with E-state index in [1.54, 1.807) is 21.0 Å². The van der Waals surface area contributed by atoms with Gasteiger partial charge in [-0.2, -0.15) is 0 Å². The van der Waals surface area contributed by atoms with Gasteiger partial charge in [0.15, 0.2) is 23.2 Å². The Kier molecular flexibility index (Phi) is 8.79. The van der Waals surface area contributed by atoms with Crippen molar-refractivity contribution in [3.05, 3.63) is 35.1 Å². The second-order valence-electron chi connectivity index (χ2n) is 12.7. The molecule has 232 valence electrons. The number of aliphatic hydroxyl groups is 2. The molecule has 10 heteroatoms. The van der Waals surface area contributed by atoms with Crippen LogP contribution in [0.2, 0.25) is 0 Å². The molecule has 0 saturated carbocycles. The number of rotatable bonds is 12. The number of benzene rings is 1. The maximum absolute atomic E-state index is 14.0. The van der Waals surface area contributed by atoms with Gasteiger partial charge in [0.05, 0.1) is 37.2 Å². The fraction of sp³-hybridized carbons (Fsp3) is 0.688. The van der Waals surface area contributed by atoms with E-state index in [4.69, 9.17) is 23.7 Å². The van der Waals surface area contributed by atoms with Crippen LogP contribution in [0.1, 0.15) is 89.2 Å². The van der Waals surface area contributed by atoms with Gasteiger partial charge < -0.3 is 33.9 Å². The van der Waals surface area contributed by atoms with Crippen LogP contribution >= 0.6 is 0 Å². The molecule has 1 saturated heterocycles. The molecule has 1 aromatic rings. The zero-order chi connectivity index (χ0) is 30.1. The molecule has 42 heavy (non-hydrogen) atoms. The summed E-state index contributed by atoms with van der Waals surface area (Å²) in [6, 6.07) is 4.02. The van der Waals surface area contributed by atoms with E-state index in [0.717, 1.165) is 49.9 Å². The lowest BCUT2D eigenvalue weighted by molar-refractivity contribution is -0.179. The molecule has 10 nitrogen and oxygen atoms in total. The molecule has 1 aromatic carbocycles. The zero-order valence-electron chi connectivity index (χ0n) is 25.3. The Morgan fingerprint density at radius 1 is 1.12 bits per heavy atom. The van der Waals surface area contributed by atoms with Crippen molar-refractivity contribution in [1.82, 2.24) is 4.90 Å². The molecule has 3 aliphatic heterocycles. The lowest BCUT2D eigenvalue weighted by atomic mass is 9.77. The van der Waals surface area contributed by atoms with E-state index in [0.29, 0.717) is 36.5 Å². The van der Waals surface area contributed by atoms with E-state index in [9.17, 15) is 19.8 Å². The first kappa shape index (κ1) is 30.6. The van der Waals surface area contributed by atoms with Gasteiger partial charge in [-0.05, 0) is 94.7 Å². The fourth-order valence-electron chi connectivity index (χ4n) is 7.02. The van der Waals surface area contributed by atoms with Crippen molar-refractivity contribution >= 4 is 11.9 Å². The predicted octanol–water partition coefficient (Wildman–Crippen LogP) is 3.75. The van der Waals surface area contributed by atoms with Gasteiger partial charge in [0.1, 0.15) is 5.76 Å². The molecule has 2 N–H and O–H groups in total. The number of ether oxygens (including phenoxy) is 5. The third-order valence-electron chi connectivity index (χ3n) is 9.15. The molecule has 0 bridgehead atoms. The van der Waals surface area contributed by atoms with Crippen molar-refractivity contribution < 1.29 is 43.5 Å². The van der Waals surface area contributed by atoms with Crippen LogP contribution in [0, 0.1) is 0 Å². The minimum absolute atomic E-state index is 0.0609. The standard InChI is InChI=1S/C32H45NO9/c1-5-6-15-39-26(34)19-32(37,12-7-10-30(2,3)36)29(35)42-28-25(38-4)18-31-11-8-13-33(31)14-9-21-16-23-24(41-20-40-23)17-22(21)27(28)31/h16-18,27-28,36-37H,5-15,19-20H2,1-4H3/t27-,28?,31-,32-/m1/s1. The van der Waals surface area contributed by atoms with Crippen LogP contribution in [0.4, 0.5) is 0 Å². The third-order valence-corrected chi connectivity index (χ3v) is 9.15. The number of carbonyl (C=O) groups excluding carboxylic acids is 2. The Morgan fingerprint density at radius 2 is 1.88 bits per heavy atom. The molecule has 1 spiro atoms. The van der Waals surface area contributed by atoms with Gasteiger partial charge in [-0.1, -0.05) is 13.3 Å². The molecule has 4 atom stereocenters. The summed E-state index contributed by atoms with van der Waals surface area (Å²) in [7, 11) is 1.56. The van der Waals surface area contributed by atoms with Crippen LogP contribution < -0.4 is 9.47 Å². The van der Waals surface area contributed by atoms with Gasteiger partial charge in [-0.25, -0.2) is 4.79 Å². The lowest BCUT2D eigenvalue weighted by Crippen LogP contribution is -2.49. The molecule has 5 rings (SSSR count). The molecule has 0 radical (unpaired) electrons. The number of carbonyl (C=O) groups is 2. The summed E-state index contributed by atoms with van der Waals surface area (Å²) in [6.45, 7) is 7.44. The Labute approximate surface area is 247 Å². The molecule has 0 aromatic heterocycles. The number of nitrogens with zero attached hydrogens (tertiary/aromatic N) is 1. The van der Waals surface area contributed by atoms with Gasteiger partial charge in [0, 0.05) is 6.54 Å². The van der Waals surface area contributed by atoms with Crippen molar-refractivity contribution in [2.75, 3.05) is 33.6 Å². The first-order chi connectivity index (χ1) is 20.0. The van der Waals surface area contributed by atoms with Gasteiger partial charge in [-0.3, -0.25) is 9.69 Å². The van der Waals surface area contributed by atoms with Crippen molar-refractivity contribution in [3.63, 3.8) is 0 Å². The molecule has 1 fully saturated rings. The topological polar surface area (TPSA) is 124 Å². The van der Waals surface area contributed by atoms with Crippen molar-refractivity contribution in [2.45, 2.75) is 107 Å². The minimum atomic E-state index is -2.12. The monoisotopic (exact) mass is 587 g/mol. The van der Waals surface area contributed by atoms with Crippen LogP contribution in [-0.2, 0) is 30.2 Å². The number of esters is 2. The zero-order valence-corrected chi connectivity index (χ0v) is 25.3. The second kappa shape index (κ2) is 12.1. The van der Waals surface area contributed by atoms with Crippen LogP contribution in [0.15, 0.2) is 24.0 Å². The van der Waals surface area contributed by atoms with Crippen molar-refractivity contribution in [2.24, 2.45) is 0 Å². The smallest absolute Gasteiger partial charge is 0.339 e. The maximum Gasteiger partial charge on any atom is 0.339 e. The van der Waals surface area contributed by atoms with Crippen molar-refractivity contribution in [1.29, 1.82) is 0 Å². The van der Waals surface area contributed by atoms with Crippen LogP contribution in [0.5, 0.6) is 11.5 Å². The van der Waals surface area contributed by atoms with Crippen molar-refractivity contribution in [3.8, 4) is 11.5 Å². The summed E-state index contributed by atoms with van der Waals surface area (Å²) in [4.78, 5) is 29.2. The fourth-order valence-corrected chi connectivity index (χ4v) is 7.02. The van der Waals surface area contributed by atoms with E-state index < -0.39 is 41.2 Å². The number of fused-ring (bicyclic) bond motifs is 3. The van der Waals surface area contributed by atoms with Gasteiger partial charge in [0.2, 0.25) is 6.79 Å². The second-order valence-corrected chi connectivity index (χ2v) is 12.7. The molecule has 0 amide bonds. The van der Waals surface area contributed by atoms with E-state index in [-0.39, 0.29) is 25.7 Å². The van der Waals surface area contributed by atoms with Crippen LogP contribution in [-0.4, -0.2) is 83.5 Å². The Balaban J connectivity index is 1.46. The quantitative estimate of drug-likeness (QED) is 0.276. The summed E-state index contributed by atoms with van der Waals surface area (Å²) in [6.07, 6.45) is 5.53. The van der Waals surface area contributed by atoms with E-state index in [1.807, 2.05) is 19.1 Å². The first-order valence-electron chi connectivity index (χ1n) is 15.3. The molecule has 1 aliphatic carbocycles. The summed E-state index contributed by atoms with van der Waals surface area (Å²) < 4.78 is 28.8. The van der Waals surface area contributed by atoms with Gasteiger partial charge in [0.25, 0.3) is 0 Å². The molecule has 4 aliphatic rings. The Bertz CT molecular complexity index is 1210. The van der Waals surface area contributed by atoms with Gasteiger partial charge >= 0.3 is 11.9 Å². The SMILES string of the molecule is CCCCOC(=O)C[C@](O)(CCCC(C)(C)O)C(=O)OC1C(OC)=C[C@@]23CCCN2CCc2cc4c(cc2[C@H]13)OCO4. The van der Waals surface area contributed by atoms with Crippen LogP contribution in [0.25, 0.3) is 0 Å². The summed E-state index contributed by atoms with van der Waals surface area (Å²) in [5.74, 6) is 0.0271. The maximum atomic E-state index is 14.0. The highest BCUT2D eigenvalue weighted by atomic mass is 16.7. The largest absolute Gasteiger partial charge is 0.497 e. The molecular formula is C32H45NO9. The van der Waals surface area contributed by atoms with E-state index in [2.05, 4.69) is 11.0 Å². The van der Waals surface area contributed by atoms with Gasteiger partial charge in [-0.15, -0.1) is 0 Å². The summed E-state index contributed by atoms with van der Waals surface area (Å²) >= 11 is 0. The average Bonchev–Trinajstić information content (AvgIpc) is 3.61. The van der Waals surface area contributed by atoms with E-state index >= 15 is 0 Å². The normalized spacial score (nSPS) is 25.9. The number of hydrogen-bond acceptors (Lipinski definition) is 10. The summed E-state index contributed by atoms with van der Waals surface area (Å²) in [5.41, 5.74) is -1.42. The highest BCUT2D eigenvalue weighted by Crippen LogP contribution is 2.55. The molecule has 3 heterocycles.